The Morgan fingerprint density at radius 2 is 1.96 bits per heavy atom. The van der Waals surface area contributed by atoms with Gasteiger partial charge >= 0.3 is 0 Å². The van der Waals surface area contributed by atoms with E-state index in [1.807, 2.05) is 49.4 Å². The molecule has 3 rings (SSSR count). The highest BCUT2D eigenvalue weighted by molar-refractivity contribution is 6.30. The first-order chi connectivity index (χ1) is 12.6. The summed E-state index contributed by atoms with van der Waals surface area (Å²) in [6.07, 6.45) is 3.37. The largest absolute Gasteiger partial charge is 0.346 e. The average Bonchev–Trinajstić information content (AvgIpc) is 2.98. The molecule has 0 aliphatic carbocycles. The van der Waals surface area contributed by atoms with Crippen molar-refractivity contribution >= 4 is 17.5 Å². The van der Waals surface area contributed by atoms with Crippen molar-refractivity contribution in [3.63, 3.8) is 0 Å². The number of carbonyl (C=O) groups is 1. The second kappa shape index (κ2) is 8.15. The third-order valence-electron chi connectivity index (χ3n) is 4.13. The first kappa shape index (κ1) is 18.1. The molecule has 5 nitrogen and oxygen atoms in total. The lowest BCUT2D eigenvalue weighted by atomic mass is 10.1. The average molecular weight is 369 g/mol. The monoisotopic (exact) mass is 368 g/mol. The van der Waals surface area contributed by atoms with E-state index in [0.29, 0.717) is 17.1 Å². The summed E-state index contributed by atoms with van der Waals surface area (Å²) >= 11 is 5.98. The molecule has 0 fully saturated rings. The molecule has 0 aliphatic rings. The standard InChI is InChI=1S/C20H21ClN4O/c1-3-6-18-19(20(26)23-13-16-7-4-5-12-22-16)14(2)25(24-18)17-10-8-15(21)9-11-17/h4-5,7-12H,3,6,13H2,1-2H3,(H,23,26). The highest BCUT2D eigenvalue weighted by atomic mass is 35.5. The molecule has 26 heavy (non-hydrogen) atoms. The van der Waals surface area contributed by atoms with Crippen molar-refractivity contribution in [2.75, 3.05) is 0 Å². The van der Waals surface area contributed by atoms with Gasteiger partial charge in [0.15, 0.2) is 0 Å². The van der Waals surface area contributed by atoms with Crippen molar-refractivity contribution in [1.29, 1.82) is 0 Å². The minimum Gasteiger partial charge on any atom is -0.346 e. The molecule has 1 N–H and O–H groups in total. The van der Waals surface area contributed by atoms with Crippen LogP contribution in [0.25, 0.3) is 5.69 Å². The lowest BCUT2D eigenvalue weighted by Crippen LogP contribution is -2.24. The van der Waals surface area contributed by atoms with Gasteiger partial charge in [-0.05, 0) is 49.7 Å². The molecule has 0 unspecified atom stereocenters. The van der Waals surface area contributed by atoms with Crippen molar-refractivity contribution < 1.29 is 4.79 Å². The fraction of sp³-hybridized carbons (Fsp3) is 0.250. The summed E-state index contributed by atoms with van der Waals surface area (Å²) in [7, 11) is 0. The summed E-state index contributed by atoms with van der Waals surface area (Å²) in [5.74, 6) is -0.128. The Balaban J connectivity index is 1.89. The van der Waals surface area contributed by atoms with Crippen LogP contribution >= 0.6 is 11.6 Å². The van der Waals surface area contributed by atoms with Gasteiger partial charge in [-0.15, -0.1) is 0 Å². The Morgan fingerprint density at radius 1 is 1.19 bits per heavy atom. The van der Waals surface area contributed by atoms with E-state index >= 15 is 0 Å². The molecule has 6 heteroatoms. The predicted molar refractivity (Wildman–Crippen MR) is 103 cm³/mol. The van der Waals surface area contributed by atoms with Crippen molar-refractivity contribution in [3.8, 4) is 5.69 Å². The minimum absolute atomic E-state index is 0.128. The number of rotatable bonds is 6. The highest BCUT2D eigenvalue weighted by Gasteiger charge is 2.21. The fourth-order valence-electron chi connectivity index (χ4n) is 2.86. The van der Waals surface area contributed by atoms with Crippen LogP contribution in [0.3, 0.4) is 0 Å². The van der Waals surface area contributed by atoms with Crippen LogP contribution in [0.15, 0.2) is 48.7 Å². The molecule has 2 heterocycles. The van der Waals surface area contributed by atoms with Gasteiger partial charge < -0.3 is 5.32 Å². The quantitative estimate of drug-likeness (QED) is 0.712. The molecule has 0 radical (unpaired) electrons. The zero-order valence-corrected chi connectivity index (χ0v) is 15.6. The lowest BCUT2D eigenvalue weighted by molar-refractivity contribution is 0.0949. The van der Waals surface area contributed by atoms with E-state index < -0.39 is 0 Å². The Kier molecular flexibility index (Phi) is 5.68. The van der Waals surface area contributed by atoms with E-state index in [1.54, 1.807) is 10.9 Å². The Bertz CT molecular complexity index is 888. The number of nitrogens with one attached hydrogen (secondary N) is 1. The number of hydrogen-bond donors (Lipinski definition) is 1. The van der Waals surface area contributed by atoms with Crippen LogP contribution in [-0.4, -0.2) is 20.7 Å². The van der Waals surface area contributed by atoms with Gasteiger partial charge in [-0.25, -0.2) is 4.68 Å². The second-order valence-electron chi connectivity index (χ2n) is 6.05. The molecule has 1 aromatic carbocycles. The smallest absolute Gasteiger partial charge is 0.255 e. The summed E-state index contributed by atoms with van der Waals surface area (Å²) in [6, 6.07) is 13.1. The van der Waals surface area contributed by atoms with E-state index in [2.05, 4.69) is 22.3 Å². The second-order valence-corrected chi connectivity index (χ2v) is 6.49. The van der Waals surface area contributed by atoms with Crippen molar-refractivity contribution in [3.05, 3.63) is 76.3 Å². The Hall–Kier alpha value is -2.66. The van der Waals surface area contributed by atoms with Crippen LogP contribution in [0, 0.1) is 6.92 Å². The number of nitrogens with zero attached hydrogens (tertiary/aromatic N) is 3. The molecule has 0 saturated heterocycles. The molecule has 0 atom stereocenters. The van der Waals surface area contributed by atoms with Crippen molar-refractivity contribution in [2.45, 2.75) is 33.2 Å². The van der Waals surface area contributed by atoms with Crippen LogP contribution in [-0.2, 0) is 13.0 Å². The molecular formula is C20H21ClN4O. The molecule has 2 aromatic heterocycles. The van der Waals surface area contributed by atoms with Crippen LogP contribution in [0.1, 0.15) is 40.8 Å². The molecule has 134 valence electrons. The third-order valence-corrected chi connectivity index (χ3v) is 4.38. The molecular weight excluding hydrogens is 348 g/mol. The van der Waals surface area contributed by atoms with Gasteiger partial charge in [0, 0.05) is 11.2 Å². The first-order valence-electron chi connectivity index (χ1n) is 8.62. The SMILES string of the molecule is CCCc1nn(-c2ccc(Cl)cc2)c(C)c1C(=O)NCc1ccccn1. The number of amides is 1. The molecule has 0 saturated carbocycles. The summed E-state index contributed by atoms with van der Waals surface area (Å²) in [5.41, 5.74) is 3.96. The number of carbonyl (C=O) groups excluding carboxylic acids is 1. The minimum atomic E-state index is -0.128. The van der Waals surface area contributed by atoms with Gasteiger partial charge in [-0.1, -0.05) is 31.0 Å². The van der Waals surface area contributed by atoms with Crippen LogP contribution in [0.5, 0.6) is 0 Å². The number of pyridine rings is 1. The molecule has 1 amide bonds. The Morgan fingerprint density at radius 3 is 2.62 bits per heavy atom. The van der Waals surface area contributed by atoms with Crippen molar-refractivity contribution in [1.82, 2.24) is 20.1 Å². The van der Waals surface area contributed by atoms with E-state index in [1.165, 1.54) is 0 Å². The van der Waals surface area contributed by atoms with E-state index in [0.717, 1.165) is 35.6 Å². The van der Waals surface area contributed by atoms with Gasteiger partial charge in [0.25, 0.3) is 5.91 Å². The number of aromatic nitrogens is 3. The van der Waals surface area contributed by atoms with Crippen LogP contribution in [0.2, 0.25) is 5.02 Å². The molecule has 3 aromatic rings. The molecule has 0 aliphatic heterocycles. The van der Waals surface area contributed by atoms with Crippen molar-refractivity contribution in [2.24, 2.45) is 0 Å². The first-order valence-corrected chi connectivity index (χ1v) is 9.00. The normalized spacial score (nSPS) is 10.7. The van der Waals surface area contributed by atoms with Gasteiger partial charge in [0.05, 0.1) is 34.9 Å². The zero-order chi connectivity index (χ0) is 18.5. The molecule has 0 bridgehead atoms. The summed E-state index contributed by atoms with van der Waals surface area (Å²) in [4.78, 5) is 17.1. The van der Waals surface area contributed by atoms with Gasteiger partial charge in [-0.3, -0.25) is 9.78 Å². The van der Waals surface area contributed by atoms with Crippen LogP contribution < -0.4 is 5.32 Å². The maximum atomic E-state index is 12.8. The van der Waals surface area contributed by atoms with E-state index in [-0.39, 0.29) is 5.91 Å². The predicted octanol–water partition coefficient (Wildman–Crippen LogP) is 4.11. The number of halogens is 1. The highest BCUT2D eigenvalue weighted by Crippen LogP contribution is 2.21. The van der Waals surface area contributed by atoms with Crippen LogP contribution in [0.4, 0.5) is 0 Å². The number of benzene rings is 1. The number of hydrogen-bond acceptors (Lipinski definition) is 3. The maximum Gasteiger partial charge on any atom is 0.255 e. The summed E-state index contributed by atoms with van der Waals surface area (Å²) in [5, 5.41) is 8.29. The number of aryl methyl sites for hydroxylation is 1. The fourth-order valence-corrected chi connectivity index (χ4v) is 2.99. The summed E-state index contributed by atoms with van der Waals surface area (Å²) in [6.45, 7) is 4.37. The van der Waals surface area contributed by atoms with E-state index in [9.17, 15) is 4.79 Å². The Labute approximate surface area is 158 Å². The van der Waals surface area contributed by atoms with Gasteiger partial charge in [-0.2, -0.15) is 5.10 Å². The summed E-state index contributed by atoms with van der Waals surface area (Å²) < 4.78 is 1.80. The maximum absolute atomic E-state index is 12.8. The lowest BCUT2D eigenvalue weighted by Gasteiger charge is -2.07. The topological polar surface area (TPSA) is 59.8 Å². The van der Waals surface area contributed by atoms with E-state index in [4.69, 9.17) is 11.6 Å². The third kappa shape index (κ3) is 3.94. The molecule has 0 spiro atoms. The van der Waals surface area contributed by atoms with Gasteiger partial charge in [0.1, 0.15) is 0 Å². The zero-order valence-electron chi connectivity index (χ0n) is 14.9. The van der Waals surface area contributed by atoms with Gasteiger partial charge in [0.2, 0.25) is 0 Å².